The molecule has 2 aromatic rings. The summed E-state index contributed by atoms with van der Waals surface area (Å²) in [7, 11) is 3.37. The molecular weight excluding hydrogens is 390 g/mol. The van der Waals surface area contributed by atoms with Crippen LogP contribution in [0, 0.1) is 20.8 Å². The highest BCUT2D eigenvalue weighted by atomic mass is 32.1. The van der Waals surface area contributed by atoms with Gasteiger partial charge in [0.25, 0.3) is 0 Å². The highest BCUT2D eigenvalue weighted by Gasteiger charge is 2.20. The largest absolute Gasteiger partial charge is 0.496 e. The van der Waals surface area contributed by atoms with E-state index in [1.807, 2.05) is 27.7 Å². The van der Waals surface area contributed by atoms with E-state index in [4.69, 9.17) is 9.47 Å². The Balaban J connectivity index is 2.05. The monoisotopic (exact) mass is 419 g/mol. The summed E-state index contributed by atoms with van der Waals surface area (Å²) in [5.74, 6) is 1.12. The zero-order chi connectivity index (χ0) is 21.6. The third kappa shape index (κ3) is 5.44. The van der Waals surface area contributed by atoms with Crippen molar-refractivity contribution in [1.82, 2.24) is 20.6 Å². The maximum atomic E-state index is 12.0. The van der Waals surface area contributed by atoms with Gasteiger partial charge in [-0.1, -0.05) is 0 Å². The van der Waals surface area contributed by atoms with Gasteiger partial charge in [-0.15, -0.1) is 11.3 Å². The molecule has 9 heteroatoms. The molecule has 8 nitrogen and oxygen atoms in total. The van der Waals surface area contributed by atoms with Crippen molar-refractivity contribution in [3.63, 3.8) is 0 Å². The van der Waals surface area contributed by atoms with Gasteiger partial charge in [0.2, 0.25) is 0 Å². The number of carbonyl (C=O) groups excluding carboxylic acids is 1. The second kappa shape index (κ2) is 10.2. The Kier molecular flexibility index (Phi) is 7.95. The maximum Gasteiger partial charge on any atom is 0.350 e. The van der Waals surface area contributed by atoms with Crippen molar-refractivity contribution >= 4 is 23.3 Å². The molecule has 0 saturated carbocycles. The van der Waals surface area contributed by atoms with Crippen LogP contribution in [0.25, 0.3) is 0 Å². The minimum Gasteiger partial charge on any atom is -0.496 e. The van der Waals surface area contributed by atoms with E-state index < -0.39 is 0 Å². The number of thiazole rings is 1. The molecule has 2 heterocycles. The molecule has 2 N–H and O–H groups in total. The molecule has 0 radical (unpaired) electrons. The number of hydrogen-bond donors (Lipinski definition) is 2. The van der Waals surface area contributed by atoms with Crippen LogP contribution in [0.1, 0.15) is 57.1 Å². The number of aromatic nitrogens is 2. The van der Waals surface area contributed by atoms with Crippen molar-refractivity contribution in [2.75, 3.05) is 20.8 Å². The van der Waals surface area contributed by atoms with E-state index in [9.17, 15) is 4.79 Å². The number of carbonyl (C=O) groups is 1. The van der Waals surface area contributed by atoms with Gasteiger partial charge >= 0.3 is 5.97 Å². The van der Waals surface area contributed by atoms with Crippen molar-refractivity contribution < 1.29 is 14.3 Å². The second-order valence-electron chi connectivity index (χ2n) is 6.53. The molecule has 2 rings (SSSR count). The lowest BCUT2D eigenvalue weighted by molar-refractivity contribution is 0.0531. The summed E-state index contributed by atoms with van der Waals surface area (Å²) in [6.45, 7) is 10.4. The van der Waals surface area contributed by atoms with Crippen molar-refractivity contribution in [2.45, 2.75) is 47.2 Å². The molecule has 158 valence electrons. The zero-order valence-electron chi connectivity index (χ0n) is 18.0. The maximum absolute atomic E-state index is 12.0. The molecule has 0 amide bonds. The predicted octanol–water partition coefficient (Wildman–Crippen LogP) is 3.07. The predicted molar refractivity (Wildman–Crippen MR) is 115 cm³/mol. The Morgan fingerprint density at radius 1 is 1.34 bits per heavy atom. The molecule has 0 aliphatic carbocycles. The average molecular weight is 420 g/mol. The summed E-state index contributed by atoms with van der Waals surface area (Å²) in [4.78, 5) is 25.8. The fraction of sp³-hybridized carbons (Fsp3) is 0.500. The van der Waals surface area contributed by atoms with Crippen LogP contribution in [0.4, 0.5) is 0 Å². The molecule has 0 spiro atoms. The first-order valence-electron chi connectivity index (χ1n) is 9.42. The van der Waals surface area contributed by atoms with Crippen LogP contribution in [-0.4, -0.2) is 42.7 Å². The number of ether oxygens (including phenoxy) is 2. The number of aryl methyl sites for hydroxylation is 2. The fourth-order valence-corrected chi connectivity index (χ4v) is 3.83. The zero-order valence-corrected chi connectivity index (χ0v) is 18.9. The summed E-state index contributed by atoms with van der Waals surface area (Å²) in [6.07, 6.45) is 1.80. The van der Waals surface area contributed by atoms with E-state index in [1.165, 1.54) is 11.3 Å². The number of nitrogens with zero attached hydrogens (tertiary/aromatic N) is 3. The summed E-state index contributed by atoms with van der Waals surface area (Å²) in [5.41, 5.74) is 3.56. The normalized spacial score (nSPS) is 12.4. The lowest BCUT2D eigenvalue weighted by Gasteiger charge is -2.17. The number of esters is 1. The van der Waals surface area contributed by atoms with Crippen LogP contribution in [0.15, 0.2) is 11.2 Å². The smallest absolute Gasteiger partial charge is 0.350 e. The van der Waals surface area contributed by atoms with Crippen molar-refractivity contribution in [3.8, 4) is 5.75 Å². The third-order valence-electron chi connectivity index (χ3n) is 4.39. The Morgan fingerprint density at radius 3 is 2.69 bits per heavy atom. The number of hydrogen-bond acceptors (Lipinski definition) is 7. The minimum absolute atomic E-state index is 0.130. The van der Waals surface area contributed by atoms with Crippen LogP contribution in [0.2, 0.25) is 0 Å². The van der Waals surface area contributed by atoms with E-state index in [0.29, 0.717) is 29.7 Å². The highest BCUT2D eigenvalue weighted by Crippen LogP contribution is 2.25. The van der Waals surface area contributed by atoms with Crippen molar-refractivity contribution in [3.05, 3.63) is 38.6 Å². The molecule has 0 aromatic carbocycles. The molecule has 0 saturated heterocycles. The van der Waals surface area contributed by atoms with Gasteiger partial charge in [0.1, 0.15) is 15.6 Å². The van der Waals surface area contributed by atoms with Crippen molar-refractivity contribution in [2.24, 2.45) is 4.99 Å². The Labute approximate surface area is 175 Å². The topological polar surface area (TPSA) is 97.7 Å². The number of rotatable bonds is 7. The molecule has 1 unspecified atom stereocenters. The molecule has 0 aliphatic heterocycles. The number of guanidine groups is 1. The highest BCUT2D eigenvalue weighted by molar-refractivity contribution is 7.13. The molecule has 2 aromatic heterocycles. The van der Waals surface area contributed by atoms with Gasteiger partial charge in [-0.25, -0.2) is 9.78 Å². The van der Waals surface area contributed by atoms with Gasteiger partial charge < -0.3 is 20.1 Å². The lowest BCUT2D eigenvalue weighted by Crippen LogP contribution is -2.38. The summed E-state index contributed by atoms with van der Waals surface area (Å²) < 4.78 is 10.6. The quantitative estimate of drug-likeness (QED) is 0.404. The SMILES string of the molecule is CCOC(=O)c1sc(C(C)NC(=NC)NCc2ncc(C)c(OC)c2C)nc1C. The Morgan fingerprint density at radius 2 is 2.07 bits per heavy atom. The van der Waals surface area contributed by atoms with Crippen LogP contribution in [0.3, 0.4) is 0 Å². The van der Waals surface area contributed by atoms with Gasteiger partial charge in [0.15, 0.2) is 5.96 Å². The fourth-order valence-electron chi connectivity index (χ4n) is 2.87. The molecule has 0 aliphatic rings. The summed E-state index contributed by atoms with van der Waals surface area (Å²) >= 11 is 1.33. The first kappa shape index (κ1) is 22.6. The van der Waals surface area contributed by atoms with Gasteiger partial charge in [0, 0.05) is 24.4 Å². The molecule has 1 atom stereocenters. The molecule has 0 bridgehead atoms. The lowest BCUT2D eigenvalue weighted by atomic mass is 10.1. The Bertz CT molecular complexity index is 894. The van der Waals surface area contributed by atoms with Crippen LogP contribution < -0.4 is 15.4 Å². The van der Waals surface area contributed by atoms with E-state index in [1.54, 1.807) is 27.3 Å². The summed E-state index contributed by atoms with van der Waals surface area (Å²) in [5, 5.41) is 7.36. The van der Waals surface area contributed by atoms with Crippen LogP contribution in [0.5, 0.6) is 5.75 Å². The van der Waals surface area contributed by atoms with Gasteiger partial charge in [-0.2, -0.15) is 0 Å². The van der Waals surface area contributed by atoms with Gasteiger partial charge in [0.05, 0.1) is 37.7 Å². The number of aliphatic imine (C=N–C) groups is 1. The van der Waals surface area contributed by atoms with Crippen LogP contribution >= 0.6 is 11.3 Å². The second-order valence-corrected chi connectivity index (χ2v) is 7.56. The first-order valence-corrected chi connectivity index (χ1v) is 10.2. The Hall–Kier alpha value is -2.68. The minimum atomic E-state index is -0.335. The number of nitrogens with one attached hydrogen (secondary N) is 2. The third-order valence-corrected chi connectivity index (χ3v) is 5.71. The molecule has 29 heavy (non-hydrogen) atoms. The van der Waals surface area contributed by atoms with Crippen molar-refractivity contribution in [1.29, 1.82) is 0 Å². The average Bonchev–Trinajstić information content (AvgIpc) is 3.08. The number of pyridine rings is 1. The van der Waals surface area contributed by atoms with Gasteiger partial charge in [-0.3, -0.25) is 9.98 Å². The van der Waals surface area contributed by atoms with E-state index in [0.717, 1.165) is 27.6 Å². The van der Waals surface area contributed by atoms with E-state index in [2.05, 4.69) is 25.6 Å². The summed E-state index contributed by atoms with van der Waals surface area (Å²) in [6, 6.07) is -0.130. The van der Waals surface area contributed by atoms with E-state index in [-0.39, 0.29) is 12.0 Å². The molecule has 0 fully saturated rings. The van der Waals surface area contributed by atoms with Crippen LogP contribution in [-0.2, 0) is 11.3 Å². The standard InChI is InChI=1S/C20H29N5O3S/c1-8-28-19(26)17-13(4)24-18(29-17)14(5)25-20(21-6)23-10-15-12(3)16(27-7)11(2)9-22-15/h9,14H,8,10H2,1-7H3,(H2,21,23,25). The molecular formula is C20H29N5O3S. The van der Waals surface area contributed by atoms with E-state index >= 15 is 0 Å². The first-order chi connectivity index (χ1) is 13.8. The van der Waals surface area contributed by atoms with Gasteiger partial charge in [-0.05, 0) is 34.6 Å². The number of methoxy groups -OCH3 is 1.